The topological polar surface area (TPSA) is 43.8 Å². The second-order valence-corrected chi connectivity index (χ2v) is 3.02. The molecule has 1 rings (SSSR count). The van der Waals surface area contributed by atoms with Gasteiger partial charge in [-0.05, 0) is 12.8 Å². The lowest BCUT2D eigenvalue weighted by Gasteiger charge is -2.04. The molecule has 0 aliphatic carbocycles. The molecule has 0 atom stereocenters. The third kappa shape index (κ3) is 1.78. The highest BCUT2D eigenvalue weighted by Gasteiger charge is 2.05. The van der Waals surface area contributed by atoms with Crippen LogP contribution in [0.5, 0.6) is 0 Å². The van der Waals surface area contributed by atoms with Gasteiger partial charge in [0.1, 0.15) is 0 Å². The minimum atomic E-state index is 0.838. The fraction of sp³-hybridized carbons (Fsp3) is 0.667. The Balaban J connectivity index is 2.80. The molecule has 3 nitrogen and oxygen atoms in total. The van der Waals surface area contributed by atoms with E-state index in [-0.39, 0.29) is 0 Å². The van der Waals surface area contributed by atoms with Crippen molar-refractivity contribution < 1.29 is 0 Å². The predicted octanol–water partition coefficient (Wildman–Crippen LogP) is 1.83. The first-order valence-corrected chi connectivity index (χ1v) is 4.59. The van der Waals surface area contributed by atoms with Gasteiger partial charge in [0.2, 0.25) is 0 Å². The van der Waals surface area contributed by atoms with Crippen LogP contribution in [-0.2, 0) is 13.0 Å². The minimum Gasteiger partial charge on any atom is -0.396 e. The van der Waals surface area contributed by atoms with Gasteiger partial charge in [-0.1, -0.05) is 20.3 Å². The molecule has 0 saturated carbocycles. The summed E-state index contributed by atoms with van der Waals surface area (Å²) in [6.45, 7) is 5.28. The molecule has 0 bridgehead atoms. The molecule has 1 aromatic rings. The van der Waals surface area contributed by atoms with Crippen LogP contribution in [-0.4, -0.2) is 9.78 Å². The van der Waals surface area contributed by atoms with E-state index in [0.717, 1.165) is 31.5 Å². The normalized spacial score (nSPS) is 10.5. The molecule has 2 N–H and O–H groups in total. The lowest BCUT2D eigenvalue weighted by Crippen LogP contribution is -2.05. The van der Waals surface area contributed by atoms with Gasteiger partial charge in [0.25, 0.3) is 0 Å². The highest BCUT2D eigenvalue weighted by molar-refractivity contribution is 5.40. The number of rotatable bonds is 4. The van der Waals surface area contributed by atoms with Crippen LogP contribution in [0.1, 0.15) is 32.4 Å². The molecular weight excluding hydrogens is 150 g/mol. The van der Waals surface area contributed by atoms with E-state index in [2.05, 4.69) is 18.9 Å². The maximum absolute atomic E-state index is 5.77. The van der Waals surface area contributed by atoms with E-state index in [1.807, 2.05) is 4.68 Å². The van der Waals surface area contributed by atoms with Gasteiger partial charge in [-0.3, -0.25) is 4.68 Å². The average molecular weight is 167 g/mol. The number of aryl methyl sites for hydroxylation is 1. The maximum atomic E-state index is 5.77. The summed E-state index contributed by atoms with van der Waals surface area (Å²) < 4.78 is 2.01. The van der Waals surface area contributed by atoms with Crippen LogP contribution in [0.15, 0.2) is 6.20 Å². The summed E-state index contributed by atoms with van der Waals surface area (Å²) in [4.78, 5) is 0. The monoisotopic (exact) mass is 167 g/mol. The summed E-state index contributed by atoms with van der Waals surface area (Å²) in [7, 11) is 0. The minimum absolute atomic E-state index is 0.838. The molecule has 68 valence electrons. The van der Waals surface area contributed by atoms with Gasteiger partial charge in [0, 0.05) is 6.54 Å². The zero-order valence-corrected chi connectivity index (χ0v) is 7.88. The largest absolute Gasteiger partial charge is 0.396 e. The van der Waals surface area contributed by atoms with Crippen molar-refractivity contribution in [1.82, 2.24) is 9.78 Å². The molecule has 0 aliphatic rings. The molecule has 0 aromatic carbocycles. The zero-order chi connectivity index (χ0) is 8.97. The quantitative estimate of drug-likeness (QED) is 0.743. The molecule has 0 spiro atoms. The van der Waals surface area contributed by atoms with Crippen molar-refractivity contribution in [2.75, 3.05) is 5.73 Å². The molecule has 3 heteroatoms. The molecule has 1 aromatic heterocycles. The lowest BCUT2D eigenvalue weighted by atomic mass is 10.2. The molecule has 0 fully saturated rings. The first-order chi connectivity index (χ1) is 5.79. The molecule has 0 aliphatic heterocycles. The number of hydrogen-bond acceptors (Lipinski definition) is 2. The number of aromatic nitrogens is 2. The van der Waals surface area contributed by atoms with Crippen molar-refractivity contribution in [3.8, 4) is 0 Å². The molecular formula is C9H17N3. The number of anilines is 1. The Morgan fingerprint density at radius 3 is 2.75 bits per heavy atom. The van der Waals surface area contributed by atoms with E-state index >= 15 is 0 Å². The highest BCUT2D eigenvalue weighted by Crippen LogP contribution is 2.12. The Hall–Kier alpha value is -0.990. The van der Waals surface area contributed by atoms with Gasteiger partial charge < -0.3 is 5.73 Å². The van der Waals surface area contributed by atoms with E-state index in [9.17, 15) is 0 Å². The Morgan fingerprint density at radius 1 is 1.42 bits per heavy atom. The summed E-state index contributed by atoms with van der Waals surface area (Å²) in [6, 6.07) is 0. The van der Waals surface area contributed by atoms with Crippen LogP contribution in [0.4, 0.5) is 5.69 Å². The number of nitrogen functional groups attached to an aromatic ring is 1. The summed E-state index contributed by atoms with van der Waals surface area (Å²) in [6.07, 6.45) is 5.02. The first kappa shape index (κ1) is 9.10. The second kappa shape index (κ2) is 4.14. The highest BCUT2D eigenvalue weighted by atomic mass is 15.3. The molecule has 0 radical (unpaired) electrons. The van der Waals surface area contributed by atoms with E-state index < -0.39 is 0 Å². The van der Waals surface area contributed by atoms with Gasteiger partial charge in [0.15, 0.2) is 0 Å². The summed E-state index contributed by atoms with van der Waals surface area (Å²) >= 11 is 0. The van der Waals surface area contributed by atoms with Crippen LogP contribution >= 0.6 is 0 Å². The summed E-state index contributed by atoms with van der Waals surface area (Å²) in [5.41, 5.74) is 7.81. The van der Waals surface area contributed by atoms with E-state index in [1.54, 1.807) is 6.20 Å². The summed E-state index contributed by atoms with van der Waals surface area (Å²) in [5.74, 6) is 0. The Labute approximate surface area is 73.6 Å². The van der Waals surface area contributed by atoms with Crippen LogP contribution in [0.2, 0.25) is 0 Å². The Bertz CT molecular complexity index is 240. The number of nitrogens with zero attached hydrogens (tertiary/aromatic N) is 2. The van der Waals surface area contributed by atoms with Crippen molar-refractivity contribution in [1.29, 1.82) is 0 Å². The van der Waals surface area contributed by atoms with E-state index in [1.165, 1.54) is 5.69 Å². The number of nitrogens with two attached hydrogens (primary N) is 1. The van der Waals surface area contributed by atoms with Crippen LogP contribution in [0.25, 0.3) is 0 Å². The maximum Gasteiger partial charge on any atom is 0.0733 e. The molecule has 1 heterocycles. The second-order valence-electron chi connectivity index (χ2n) is 3.02. The molecule has 0 unspecified atom stereocenters. The predicted molar refractivity (Wildman–Crippen MR) is 50.9 cm³/mol. The zero-order valence-electron chi connectivity index (χ0n) is 7.88. The molecule has 12 heavy (non-hydrogen) atoms. The van der Waals surface area contributed by atoms with Crippen molar-refractivity contribution in [2.45, 2.75) is 39.7 Å². The Morgan fingerprint density at radius 2 is 2.17 bits per heavy atom. The Kier molecular flexibility index (Phi) is 3.14. The van der Waals surface area contributed by atoms with Crippen LogP contribution < -0.4 is 5.73 Å². The van der Waals surface area contributed by atoms with E-state index in [4.69, 9.17) is 5.73 Å². The molecule has 0 saturated heterocycles. The third-order valence-corrected chi connectivity index (χ3v) is 1.90. The van der Waals surface area contributed by atoms with Crippen molar-refractivity contribution in [3.05, 3.63) is 11.9 Å². The van der Waals surface area contributed by atoms with Gasteiger partial charge in [-0.25, -0.2) is 0 Å². The van der Waals surface area contributed by atoms with Gasteiger partial charge in [-0.2, -0.15) is 5.10 Å². The summed E-state index contributed by atoms with van der Waals surface area (Å²) in [5, 5.41) is 4.22. The van der Waals surface area contributed by atoms with Crippen LogP contribution in [0, 0.1) is 0 Å². The van der Waals surface area contributed by atoms with Crippen molar-refractivity contribution in [2.24, 2.45) is 0 Å². The molecule has 0 amide bonds. The van der Waals surface area contributed by atoms with E-state index in [0.29, 0.717) is 0 Å². The third-order valence-electron chi connectivity index (χ3n) is 1.90. The van der Waals surface area contributed by atoms with Crippen molar-refractivity contribution >= 4 is 5.69 Å². The van der Waals surface area contributed by atoms with Gasteiger partial charge in [-0.15, -0.1) is 0 Å². The fourth-order valence-electron chi connectivity index (χ4n) is 1.34. The van der Waals surface area contributed by atoms with Gasteiger partial charge >= 0.3 is 0 Å². The lowest BCUT2D eigenvalue weighted by molar-refractivity contribution is 0.571. The first-order valence-electron chi connectivity index (χ1n) is 4.59. The van der Waals surface area contributed by atoms with Crippen LogP contribution in [0.3, 0.4) is 0 Å². The standard InChI is InChI=1S/C9H17N3/c1-3-5-9-8(10)7-11-12(9)6-4-2/h7H,3-6,10H2,1-2H3. The van der Waals surface area contributed by atoms with Gasteiger partial charge in [0.05, 0.1) is 17.6 Å². The fourth-order valence-corrected chi connectivity index (χ4v) is 1.34. The van der Waals surface area contributed by atoms with Crippen molar-refractivity contribution in [3.63, 3.8) is 0 Å². The number of hydrogen-bond donors (Lipinski definition) is 1. The average Bonchev–Trinajstić information content (AvgIpc) is 2.37. The smallest absolute Gasteiger partial charge is 0.0733 e. The SMILES string of the molecule is CCCc1c(N)cnn1CCC.